The molecule has 1 aromatic heterocycles. The molecule has 1 saturated carbocycles. The molecule has 3 fully saturated rings. The van der Waals surface area contributed by atoms with Crippen molar-refractivity contribution in [3.8, 4) is 17.1 Å². The third-order valence-corrected chi connectivity index (χ3v) is 10.1. The maximum Gasteiger partial charge on any atom is 0.408 e. The Balaban J connectivity index is 1.36. The lowest BCUT2D eigenvalue weighted by molar-refractivity contribution is -0.147. The lowest BCUT2D eigenvalue weighted by Crippen LogP contribution is -2.57. The fourth-order valence-electron chi connectivity index (χ4n) is 7.49. The van der Waals surface area contributed by atoms with Gasteiger partial charge in [-0.15, -0.1) is 0 Å². The van der Waals surface area contributed by atoms with Crippen LogP contribution in [0.1, 0.15) is 79.1 Å². The molecule has 5 unspecified atom stereocenters. The minimum atomic E-state index is -3.17. The Morgan fingerprint density at radius 2 is 1.65 bits per heavy atom. The lowest BCUT2D eigenvalue weighted by atomic mass is 9.91. The van der Waals surface area contributed by atoms with Crippen LogP contribution in [0.5, 0.6) is 5.88 Å². The molecule has 0 radical (unpaired) electrons. The second-order valence-electron chi connectivity index (χ2n) is 15.5. The highest BCUT2D eigenvalue weighted by atomic mass is 19.3. The molecule has 3 amide bonds. The third-order valence-electron chi connectivity index (χ3n) is 10.1. The zero-order chi connectivity index (χ0) is 37.5. The third kappa shape index (κ3) is 7.80. The summed E-state index contributed by atoms with van der Waals surface area (Å²) >= 11 is 0. The summed E-state index contributed by atoms with van der Waals surface area (Å²) in [4.78, 5) is 65.0. The highest BCUT2D eigenvalue weighted by Crippen LogP contribution is 2.61. The molecule has 1 aliphatic carbocycles. The van der Waals surface area contributed by atoms with Gasteiger partial charge < -0.3 is 30.1 Å². The number of alkyl carbamates (subject to hydrolysis) is 1. The summed E-state index contributed by atoms with van der Waals surface area (Å²) in [6.45, 7) is 6.37. The van der Waals surface area contributed by atoms with Crippen LogP contribution in [0.25, 0.3) is 22.3 Å². The number of fused-ring (bicyclic) bond motifs is 3. The number of alkyl halides is 2. The summed E-state index contributed by atoms with van der Waals surface area (Å²) in [6.07, 6.45) is -2.20. The summed E-state index contributed by atoms with van der Waals surface area (Å²) in [5, 5.41) is 15.5. The summed E-state index contributed by atoms with van der Waals surface area (Å²) in [7, 11) is 0. The first-order chi connectivity index (χ1) is 24.5. The molecule has 278 valence electrons. The predicted octanol–water partition coefficient (Wildman–Crippen LogP) is 5.88. The van der Waals surface area contributed by atoms with E-state index in [-0.39, 0.29) is 38.1 Å². The normalized spacial score (nSPS) is 28.0. The molecule has 0 bridgehead atoms. The van der Waals surface area contributed by atoms with E-state index in [4.69, 9.17) is 19.4 Å². The van der Waals surface area contributed by atoms with Gasteiger partial charge in [0, 0.05) is 30.2 Å². The minimum absolute atomic E-state index is 0.0674. The van der Waals surface area contributed by atoms with Crippen LogP contribution in [0, 0.1) is 5.41 Å². The molecule has 3 aromatic rings. The first kappa shape index (κ1) is 36.9. The van der Waals surface area contributed by atoms with Gasteiger partial charge in [-0.05, 0) is 52.2 Å². The number of aromatic nitrogens is 2. The first-order valence-corrected chi connectivity index (χ1v) is 17.7. The molecule has 6 rings (SSSR count). The quantitative estimate of drug-likeness (QED) is 0.293. The Hall–Kier alpha value is -4.88. The molecule has 12 nitrogen and oxygen atoms in total. The van der Waals surface area contributed by atoms with Crippen LogP contribution in [0.15, 0.2) is 54.6 Å². The van der Waals surface area contributed by atoms with E-state index in [1.807, 2.05) is 48.5 Å². The van der Waals surface area contributed by atoms with E-state index < -0.39 is 77.4 Å². The highest BCUT2D eigenvalue weighted by molar-refractivity contribution is 5.96. The van der Waals surface area contributed by atoms with Crippen LogP contribution >= 0.6 is 0 Å². The van der Waals surface area contributed by atoms with E-state index in [1.54, 1.807) is 26.8 Å². The van der Waals surface area contributed by atoms with E-state index in [0.717, 1.165) is 5.56 Å². The van der Waals surface area contributed by atoms with Gasteiger partial charge in [-0.2, -0.15) is 0 Å². The van der Waals surface area contributed by atoms with Gasteiger partial charge in [-0.1, -0.05) is 62.2 Å². The second-order valence-corrected chi connectivity index (χ2v) is 15.5. The number of hydrogen-bond acceptors (Lipinski definition) is 8. The molecule has 14 heteroatoms. The number of carbonyl (C=O) groups is 4. The number of nitrogens with zero attached hydrogens (tertiary/aromatic N) is 3. The Morgan fingerprint density at radius 1 is 0.981 bits per heavy atom. The van der Waals surface area contributed by atoms with Crippen LogP contribution in [0.2, 0.25) is 0 Å². The monoisotopic (exact) mass is 721 g/mol. The van der Waals surface area contributed by atoms with Crippen molar-refractivity contribution in [1.29, 1.82) is 0 Å². The van der Waals surface area contributed by atoms with Crippen molar-refractivity contribution in [3.63, 3.8) is 0 Å². The molecular weight excluding hydrogens is 676 g/mol. The van der Waals surface area contributed by atoms with Crippen LogP contribution < -0.4 is 15.4 Å². The summed E-state index contributed by atoms with van der Waals surface area (Å²) in [5.74, 6) is -5.83. The number of carboxylic acids is 1. The number of nitrogens with one attached hydrogen (secondary N) is 2. The van der Waals surface area contributed by atoms with Crippen molar-refractivity contribution >= 4 is 34.9 Å². The lowest BCUT2D eigenvalue weighted by Gasteiger charge is -2.30. The average Bonchev–Trinajstić information content (AvgIpc) is 3.41. The number of amides is 3. The number of carboxylic acid groups (broad SMARTS) is 1. The molecule has 5 atom stereocenters. The summed E-state index contributed by atoms with van der Waals surface area (Å²) in [5.41, 5.74) is -1.85. The largest absolute Gasteiger partial charge is 0.479 e. The Labute approximate surface area is 300 Å². The topological polar surface area (TPSA) is 160 Å². The van der Waals surface area contributed by atoms with Crippen molar-refractivity contribution in [2.24, 2.45) is 5.41 Å². The smallest absolute Gasteiger partial charge is 0.408 e. The van der Waals surface area contributed by atoms with Gasteiger partial charge in [0.1, 0.15) is 35.0 Å². The standard InChI is InChI=1S/C38H45F2N5O7/c1-35(2,3)52-34(50)43-27-17-9-6-12-18-37(39,40)21-36(4)22-38(36,33(48)49)44-30(46)28-19-24(20-45(28)32(27)47)51-31-29(23-13-7-5-8-14-23)41-25-15-10-11-16-26(25)42-31/h5,7-8,10-11,13-16,24,27-28H,6,9,12,17-22H2,1-4H3,(H,43,50)(H,44,46)(H,48,49). The Morgan fingerprint density at radius 3 is 2.33 bits per heavy atom. The highest BCUT2D eigenvalue weighted by Gasteiger charge is 2.73. The van der Waals surface area contributed by atoms with Gasteiger partial charge in [0.2, 0.25) is 23.6 Å². The Bertz CT molecular complexity index is 1850. The van der Waals surface area contributed by atoms with Crippen molar-refractivity contribution in [2.75, 3.05) is 6.54 Å². The van der Waals surface area contributed by atoms with Crippen LogP contribution in [-0.4, -0.2) is 85.6 Å². The maximum absolute atomic E-state index is 15.2. The number of benzene rings is 2. The van der Waals surface area contributed by atoms with E-state index in [0.29, 0.717) is 29.6 Å². The number of para-hydroxylation sites is 2. The zero-order valence-electron chi connectivity index (χ0n) is 29.8. The van der Waals surface area contributed by atoms with Crippen molar-refractivity contribution in [3.05, 3.63) is 54.6 Å². The Kier molecular flexibility index (Phi) is 9.88. The van der Waals surface area contributed by atoms with E-state index >= 15 is 8.78 Å². The number of ether oxygens (including phenoxy) is 2. The number of aliphatic carboxylic acids is 1. The predicted molar refractivity (Wildman–Crippen MR) is 187 cm³/mol. The molecule has 0 spiro atoms. The fourth-order valence-corrected chi connectivity index (χ4v) is 7.49. The number of halogens is 2. The molecule has 3 N–H and O–H groups in total. The molecule has 2 aromatic carbocycles. The number of rotatable bonds is 5. The first-order valence-electron chi connectivity index (χ1n) is 17.7. The van der Waals surface area contributed by atoms with Crippen molar-refractivity contribution in [1.82, 2.24) is 25.5 Å². The molecule has 3 aliphatic rings. The van der Waals surface area contributed by atoms with Crippen molar-refractivity contribution in [2.45, 2.75) is 114 Å². The van der Waals surface area contributed by atoms with E-state index in [1.165, 1.54) is 11.8 Å². The fraction of sp³-hybridized carbons (Fsp3) is 0.526. The summed E-state index contributed by atoms with van der Waals surface area (Å²) < 4.78 is 42.4. The second kappa shape index (κ2) is 13.9. The van der Waals surface area contributed by atoms with Crippen molar-refractivity contribution < 1.29 is 42.5 Å². The van der Waals surface area contributed by atoms with Gasteiger partial charge in [0.05, 0.1) is 17.6 Å². The van der Waals surface area contributed by atoms with Gasteiger partial charge in [-0.25, -0.2) is 28.3 Å². The van der Waals surface area contributed by atoms with Gasteiger partial charge in [-0.3, -0.25) is 9.59 Å². The SMILES string of the molecule is CC(C)(C)OC(=O)NC1CCCCCC(F)(F)CC2(C)CC2(C(=O)O)NC(=O)C2CC(Oc3nc4ccccc4nc3-c3ccccc3)CN2C1=O. The minimum Gasteiger partial charge on any atom is -0.479 e. The van der Waals surface area contributed by atoms with Crippen LogP contribution in [0.4, 0.5) is 13.6 Å². The van der Waals surface area contributed by atoms with E-state index in [9.17, 15) is 24.3 Å². The molecule has 52 heavy (non-hydrogen) atoms. The average molecular weight is 722 g/mol. The van der Waals surface area contributed by atoms with Crippen LogP contribution in [0.3, 0.4) is 0 Å². The molecule has 3 heterocycles. The number of carbonyl (C=O) groups excluding carboxylic acids is 3. The molecular formula is C38H45F2N5O7. The van der Waals surface area contributed by atoms with Gasteiger partial charge in [0.25, 0.3) is 0 Å². The van der Waals surface area contributed by atoms with Gasteiger partial charge >= 0.3 is 12.1 Å². The molecule has 2 aliphatic heterocycles. The maximum atomic E-state index is 15.2. The molecule has 2 saturated heterocycles. The number of hydrogen-bond donors (Lipinski definition) is 3. The summed E-state index contributed by atoms with van der Waals surface area (Å²) in [6, 6.07) is 14.1. The van der Waals surface area contributed by atoms with Gasteiger partial charge in [0.15, 0.2) is 0 Å². The van der Waals surface area contributed by atoms with Crippen LogP contribution in [-0.2, 0) is 19.1 Å². The zero-order valence-corrected chi connectivity index (χ0v) is 29.8. The van der Waals surface area contributed by atoms with E-state index in [2.05, 4.69) is 10.6 Å².